The van der Waals surface area contributed by atoms with E-state index in [0.29, 0.717) is 48.3 Å². The highest BCUT2D eigenvalue weighted by Crippen LogP contribution is 2.25. The summed E-state index contributed by atoms with van der Waals surface area (Å²) in [6, 6.07) is 12.2. The lowest BCUT2D eigenvalue weighted by molar-refractivity contribution is -0.120. The molecule has 0 bridgehead atoms. The van der Waals surface area contributed by atoms with Gasteiger partial charge in [0.1, 0.15) is 0 Å². The third kappa shape index (κ3) is 5.27. The van der Waals surface area contributed by atoms with Gasteiger partial charge in [-0.3, -0.25) is 9.59 Å². The molecule has 1 saturated heterocycles. The van der Waals surface area contributed by atoms with Crippen molar-refractivity contribution >= 4 is 43.5 Å². The van der Waals surface area contributed by atoms with Crippen LogP contribution in [-0.4, -0.2) is 37.6 Å². The van der Waals surface area contributed by atoms with Crippen LogP contribution in [0.2, 0.25) is 0 Å². The summed E-state index contributed by atoms with van der Waals surface area (Å²) in [7, 11) is -3.45. The molecule has 0 saturated carbocycles. The maximum absolute atomic E-state index is 12.7. The van der Waals surface area contributed by atoms with E-state index in [1.807, 2.05) is 6.07 Å². The van der Waals surface area contributed by atoms with E-state index in [4.69, 9.17) is 5.73 Å². The molecule has 0 radical (unpaired) electrons. The molecule has 3 N–H and O–H groups in total. The minimum absolute atomic E-state index is 0.0671. The lowest BCUT2D eigenvalue weighted by Crippen LogP contribution is -2.42. The Kier molecular flexibility index (Phi) is 6.95. The standard InChI is InChI=1S/C21H24BrN3O4S/c1-14-18(20(23)26)6-3-7-19(14)24-21(27)16-8-10-25(11-9-16)30(28,29)13-15-4-2-5-17(22)12-15/h2-7,12,16H,8-11,13H2,1H3,(H2,23,26)(H,24,27). The van der Waals surface area contributed by atoms with E-state index < -0.39 is 15.9 Å². The van der Waals surface area contributed by atoms with Gasteiger partial charge in [-0.15, -0.1) is 0 Å². The molecule has 1 heterocycles. The average molecular weight is 494 g/mol. The third-order valence-corrected chi connectivity index (χ3v) is 7.66. The first-order valence-corrected chi connectivity index (χ1v) is 12.0. The number of hydrogen-bond acceptors (Lipinski definition) is 4. The van der Waals surface area contributed by atoms with Crippen LogP contribution in [0.5, 0.6) is 0 Å². The van der Waals surface area contributed by atoms with Crippen molar-refractivity contribution in [3.63, 3.8) is 0 Å². The summed E-state index contributed by atoms with van der Waals surface area (Å²) in [5.74, 6) is -1.09. The Labute approximate surface area is 184 Å². The van der Waals surface area contributed by atoms with Gasteiger partial charge in [0, 0.05) is 34.7 Å². The van der Waals surface area contributed by atoms with Gasteiger partial charge in [-0.25, -0.2) is 12.7 Å². The number of anilines is 1. The average Bonchev–Trinajstić information content (AvgIpc) is 2.69. The first kappa shape index (κ1) is 22.5. The van der Waals surface area contributed by atoms with Crippen molar-refractivity contribution in [3.8, 4) is 0 Å². The topological polar surface area (TPSA) is 110 Å². The number of nitrogens with one attached hydrogen (secondary N) is 1. The Hall–Kier alpha value is -2.23. The molecule has 2 amide bonds. The smallest absolute Gasteiger partial charge is 0.249 e. The minimum Gasteiger partial charge on any atom is -0.366 e. The van der Waals surface area contributed by atoms with Gasteiger partial charge in [-0.05, 0) is 55.2 Å². The molecule has 0 aromatic heterocycles. The Morgan fingerprint density at radius 2 is 1.83 bits per heavy atom. The Morgan fingerprint density at radius 1 is 1.17 bits per heavy atom. The summed E-state index contributed by atoms with van der Waals surface area (Å²) < 4.78 is 27.8. The molecular formula is C21H24BrN3O4S. The monoisotopic (exact) mass is 493 g/mol. The molecule has 2 aromatic carbocycles. The Balaban J connectivity index is 1.60. The van der Waals surface area contributed by atoms with Crippen LogP contribution in [0.1, 0.15) is 34.3 Å². The number of rotatable bonds is 6. The number of carbonyl (C=O) groups is 2. The van der Waals surface area contributed by atoms with Gasteiger partial charge >= 0.3 is 0 Å². The van der Waals surface area contributed by atoms with Gasteiger partial charge in [0.2, 0.25) is 21.8 Å². The van der Waals surface area contributed by atoms with E-state index in [9.17, 15) is 18.0 Å². The molecule has 0 spiro atoms. The van der Waals surface area contributed by atoms with Crippen molar-refractivity contribution in [1.82, 2.24) is 4.31 Å². The maximum Gasteiger partial charge on any atom is 0.249 e. The largest absolute Gasteiger partial charge is 0.366 e. The summed E-state index contributed by atoms with van der Waals surface area (Å²) in [6.07, 6.45) is 0.885. The SMILES string of the molecule is Cc1c(NC(=O)C2CCN(S(=O)(=O)Cc3cccc(Br)c3)CC2)cccc1C(N)=O. The quantitative estimate of drug-likeness (QED) is 0.643. The first-order valence-electron chi connectivity index (χ1n) is 9.60. The van der Waals surface area contributed by atoms with E-state index >= 15 is 0 Å². The number of nitrogens with two attached hydrogens (primary N) is 1. The molecule has 0 atom stereocenters. The van der Waals surface area contributed by atoms with E-state index in [1.165, 1.54) is 4.31 Å². The van der Waals surface area contributed by atoms with Crippen LogP contribution in [0.3, 0.4) is 0 Å². The fourth-order valence-corrected chi connectivity index (χ4v) is 5.59. The number of piperidine rings is 1. The molecular weight excluding hydrogens is 470 g/mol. The lowest BCUT2D eigenvalue weighted by atomic mass is 9.96. The number of carbonyl (C=O) groups excluding carboxylic acids is 2. The number of primary amides is 1. The predicted molar refractivity (Wildman–Crippen MR) is 119 cm³/mol. The second-order valence-corrected chi connectivity index (χ2v) is 10.3. The zero-order valence-electron chi connectivity index (χ0n) is 16.6. The first-order chi connectivity index (χ1) is 14.2. The number of benzene rings is 2. The van der Waals surface area contributed by atoms with Crippen molar-refractivity contribution < 1.29 is 18.0 Å². The summed E-state index contributed by atoms with van der Waals surface area (Å²) in [4.78, 5) is 24.2. The van der Waals surface area contributed by atoms with Gasteiger partial charge in [0.25, 0.3) is 0 Å². The fraction of sp³-hybridized carbons (Fsp3) is 0.333. The van der Waals surface area contributed by atoms with E-state index in [2.05, 4.69) is 21.2 Å². The van der Waals surface area contributed by atoms with Gasteiger partial charge in [-0.1, -0.05) is 34.1 Å². The van der Waals surface area contributed by atoms with Crippen molar-refractivity contribution in [2.75, 3.05) is 18.4 Å². The highest BCUT2D eigenvalue weighted by molar-refractivity contribution is 9.10. The maximum atomic E-state index is 12.7. The van der Waals surface area contributed by atoms with E-state index in [-0.39, 0.29) is 17.6 Å². The minimum atomic E-state index is -3.45. The van der Waals surface area contributed by atoms with E-state index in [0.717, 1.165) is 4.47 Å². The van der Waals surface area contributed by atoms with Crippen molar-refractivity contribution in [2.45, 2.75) is 25.5 Å². The molecule has 1 aliphatic rings. The van der Waals surface area contributed by atoms with Crippen molar-refractivity contribution in [3.05, 3.63) is 63.6 Å². The molecule has 1 fully saturated rings. The molecule has 30 heavy (non-hydrogen) atoms. The molecule has 0 unspecified atom stereocenters. The van der Waals surface area contributed by atoms with Crippen LogP contribution in [-0.2, 0) is 20.6 Å². The van der Waals surface area contributed by atoms with Crippen LogP contribution in [0, 0.1) is 12.8 Å². The zero-order valence-corrected chi connectivity index (χ0v) is 19.0. The summed E-state index contributed by atoms with van der Waals surface area (Å²) >= 11 is 3.36. The fourth-order valence-electron chi connectivity index (χ4n) is 3.60. The summed E-state index contributed by atoms with van der Waals surface area (Å²) in [5, 5.41) is 2.85. The number of nitrogens with zero attached hydrogens (tertiary/aromatic N) is 1. The Morgan fingerprint density at radius 3 is 2.47 bits per heavy atom. The lowest BCUT2D eigenvalue weighted by Gasteiger charge is -2.30. The van der Waals surface area contributed by atoms with Gasteiger partial charge in [0.15, 0.2) is 0 Å². The molecule has 160 valence electrons. The Bertz CT molecular complexity index is 1060. The zero-order chi connectivity index (χ0) is 21.9. The normalized spacial score (nSPS) is 15.7. The molecule has 9 heteroatoms. The molecule has 2 aromatic rings. The number of amides is 2. The highest BCUT2D eigenvalue weighted by Gasteiger charge is 2.31. The van der Waals surface area contributed by atoms with Gasteiger partial charge in [0.05, 0.1) is 5.75 Å². The van der Waals surface area contributed by atoms with Crippen LogP contribution in [0.25, 0.3) is 0 Å². The molecule has 0 aliphatic carbocycles. The predicted octanol–water partition coefficient (Wildman–Crippen LogP) is 3.04. The summed E-state index contributed by atoms with van der Waals surface area (Å²) in [6.45, 7) is 2.33. The highest BCUT2D eigenvalue weighted by atomic mass is 79.9. The van der Waals surface area contributed by atoms with Crippen LogP contribution in [0.4, 0.5) is 5.69 Å². The number of halogens is 1. The number of sulfonamides is 1. The van der Waals surface area contributed by atoms with Crippen LogP contribution < -0.4 is 11.1 Å². The second-order valence-electron chi connectivity index (χ2n) is 7.39. The summed E-state index contributed by atoms with van der Waals surface area (Å²) in [5.41, 5.74) is 7.60. The molecule has 3 rings (SSSR count). The van der Waals surface area contributed by atoms with Crippen LogP contribution in [0.15, 0.2) is 46.9 Å². The third-order valence-electron chi connectivity index (χ3n) is 5.31. The van der Waals surface area contributed by atoms with Crippen molar-refractivity contribution in [1.29, 1.82) is 0 Å². The van der Waals surface area contributed by atoms with Gasteiger partial charge in [-0.2, -0.15) is 0 Å². The molecule has 7 nitrogen and oxygen atoms in total. The second kappa shape index (κ2) is 9.28. The van der Waals surface area contributed by atoms with Crippen LogP contribution >= 0.6 is 15.9 Å². The molecule has 1 aliphatic heterocycles. The number of hydrogen-bond donors (Lipinski definition) is 2. The van der Waals surface area contributed by atoms with E-state index in [1.54, 1.807) is 43.3 Å². The van der Waals surface area contributed by atoms with Crippen molar-refractivity contribution in [2.24, 2.45) is 11.7 Å². The van der Waals surface area contributed by atoms with Gasteiger partial charge < -0.3 is 11.1 Å².